The maximum Gasteiger partial charge on any atom is 0.0355 e. The van der Waals surface area contributed by atoms with Gasteiger partial charge >= 0.3 is 0 Å². The van der Waals surface area contributed by atoms with Crippen LogP contribution in [0.4, 0.5) is 0 Å². The fourth-order valence-corrected chi connectivity index (χ4v) is 2.52. The molecule has 1 aromatic rings. The molecule has 1 nitrogen and oxygen atoms in total. The first-order valence-corrected chi connectivity index (χ1v) is 8.13. The third kappa shape index (κ3) is 5.84. The molecule has 0 aliphatic heterocycles. The van der Waals surface area contributed by atoms with Gasteiger partial charge in [-0.05, 0) is 44.7 Å². The molecule has 1 aromatic heterocycles. The third-order valence-corrected chi connectivity index (χ3v) is 4.05. The van der Waals surface area contributed by atoms with Gasteiger partial charge in [-0.2, -0.15) is 0 Å². The zero-order chi connectivity index (χ0) is 14.3. The third-order valence-electron chi connectivity index (χ3n) is 4.05. The van der Waals surface area contributed by atoms with Gasteiger partial charge in [0.15, 0.2) is 0 Å². The number of unbranched alkanes of at least 4 members (excludes halogenated alkanes) is 5. The van der Waals surface area contributed by atoms with Gasteiger partial charge in [-0.3, -0.25) is 0 Å². The van der Waals surface area contributed by atoms with Crippen molar-refractivity contribution in [2.45, 2.75) is 91.0 Å². The van der Waals surface area contributed by atoms with Gasteiger partial charge in [-0.15, -0.1) is 0 Å². The van der Waals surface area contributed by atoms with Crippen molar-refractivity contribution < 1.29 is 0 Å². The van der Waals surface area contributed by atoms with Gasteiger partial charge in [0.2, 0.25) is 0 Å². The predicted octanol–water partition coefficient (Wildman–Crippen LogP) is 6.10. The summed E-state index contributed by atoms with van der Waals surface area (Å²) in [5, 5.41) is 0. The van der Waals surface area contributed by atoms with Crippen LogP contribution in [-0.4, -0.2) is 4.57 Å². The molecule has 0 radical (unpaired) electrons. The lowest BCUT2D eigenvalue weighted by molar-refractivity contribution is 0.397. The fourth-order valence-electron chi connectivity index (χ4n) is 2.52. The highest BCUT2D eigenvalue weighted by Gasteiger charge is 2.14. The van der Waals surface area contributed by atoms with E-state index >= 15 is 0 Å². The van der Waals surface area contributed by atoms with Crippen molar-refractivity contribution in [1.82, 2.24) is 4.57 Å². The average molecular weight is 263 g/mol. The Kier molecular flexibility index (Phi) is 6.68. The first-order valence-electron chi connectivity index (χ1n) is 8.13. The molecule has 0 amide bonds. The van der Waals surface area contributed by atoms with Gasteiger partial charge < -0.3 is 4.57 Å². The van der Waals surface area contributed by atoms with Crippen LogP contribution in [0.15, 0.2) is 18.5 Å². The molecule has 0 spiro atoms. The van der Waals surface area contributed by atoms with Gasteiger partial charge in [0.1, 0.15) is 0 Å². The second-order valence-electron chi connectivity index (χ2n) is 6.98. The van der Waals surface area contributed by atoms with Crippen LogP contribution >= 0.6 is 0 Å². The number of nitrogens with zero attached hydrogens (tertiary/aromatic N) is 1. The largest absolute Gasteiger partial charge is 0.349 e. The summed E-state index contributed by atoms with van der Waals surface area (Å²) < 4.78 is 2.33. The standard InChI is InChI=1S/C18H33N/c1-6-7-8-9-10-11-12-16(2)17-13-14-19(15-17)18(3,4)5/h13-16H,6-12H2,1-5H3. The van der Waals surface area contributed by atoms with Gasteiger partial charge in [-0.25, -0.2) is 0 Å². The zero-order valence-corrected chi connectivity index (χ0v) is 13.7. The fraction of sp³-hybridized carbons (Fsp3) is 0.778. The summed E-state index contributed by atoms with van der Waals surface area (Å²) in [6.07, 6.45) is 14.3. The van der Waals surface area contributed by atoms with Crippen LogP contribution in [0.5, 0.6) is 0 Å². The van der Waals surface area contributed by atoms with Crippen LogP contribution in [0, 0.1) is 0 Å². The molecule has 0 N–H and O–H groups in total. The summed E-state index contributed by atoms with van der Waals surface area (Å²) in [7, 11) is 0. The molecule has 0 bridgehead atoms. The second kappa shape index (κ2) is 7.77. The van der Waals surface area contributed by atoms with E-state index in [0.29, 0.717) is 5.92 Å². The molecule has 1 unspecified atom stereocenters. The summed E-state index contributed by atoms with van der Waals surface area (Å²) in [5.41, 5.74) is 1.71. The SMILES string of the molecule is CCCCCCCCC(C)c1ccn(C(C)(C)C)c1. The molecular formula is C18H33N. The average Bonchev–Trinajstić information content (AvgIpc) is 2.82. The molecular weight excluding hydrogens is 230 g/mol. The van der Waals surface area contributed by atoms with Crippen molar-refractivity contribution >= 4 is 0 Å². The van der Waals surface area contributed by atoms with Crippen LogP contribution in [0.2, 0.25) is 0 Å². The van der Waals surface area contributed by atoms with Crippen LogP contribution < -0.4 is 0 Å². The zero-order valence-electron chi connectivity index (χ0n) is 13.7. The first kappa shape index (κ1) is 16.3. The Morgan fingerprint density at radius 1 is 1.05 bits per heavy atom. The molecule has 1 rings (SSSR count). The Bertz CT molecular complexity index is 343. The van der Waals surface area contributed by atoms with E-state index in [1.54, 1.807) is 0 Å². The minimum atomic E-state index is 0.206. The summed E-state index contributed by atoms with van der Waals surface area (Å²) >= 11 is 0. The summed E-state index contributed by atoms with van der Waals surface area (Å²) in [6, 6.07) is 2.30. The van der Waals surface area contributed by atoms with Crippen LogP contribution in [-0.2, 0) is 5.54 Å². The van der Waals surface area contributed by atoms with E-state index in [4.69, 9.17) is 0 Å². The number of hydrogen-bond donors (Lipinski definition) is 0. The van der Waals surface area contributed by atoms with Gasteiger partial charge in [0, 0.05) is 17.9 Å². The molecule has 1 atom stereocenters. The Balaban J connectivity index is 2.29. The highest BCUT2D eigenvalue weighted by Crippen LogP contribution is 2.25. The monoisotopic (exact) mass is 263 g/mol. The van der Waals surface area contributed by atoms with E-state index in [2.05, 4.69) is 57.6 Å². The van der Waals surface area contributed by atoms with Gasteiger partial charge in [-0.1, -0.05) is 52.4 Å². The number of aromatic nitrogens is 1. The minimum absolute atomic E-state index is 0.206. The molecule has 0 aliphatic carbocycles. The lowest BCUT2D eigenvalue weighted by Gasteiger charge is -2.21. The molecule has 0 saturated carbocycles. The Morgan fingerprint density at radius 2 is 1.68 bits per heavy atom. The smallest absolute Gasteiger partial charge is 0.0355 e. The molecule has 1 heterocycles. The molecule has 0 aliphatic rings. The van der Waals surface area contributed by atoms with E-state index in [1.165, 1.54) is 50.5 Å². The molecule has 0 saturated heterocycles. The Morgan fingerprint density at radius 3 is 2.26 bits per heavy atom. The molecule has 0 aromatic carbocycles. The van der Waals surface area contributed by atoms with Gasteiger partial charge in [0.25, 0.3) is 0 Å². The van der Waals surface area contributed by atoms with Crippen molar-refractivity contribution in [2.24, 2.45) is 0 Å². The van der Waals surface area contributed by atoms with Crippen molar-refractivity contribution in [3.8, 4) is 0 Å². The summed E-state index contributed by atoms with van der Waals surface area (Å²) in [5.74, 6) is 0.703. The predicted molar refractivity (Wildman–Crippen MR) is 85.8 cm³/mol. The quantitative estimate of drug-likeness (QED) is 0.500. The second-order valence-corrected chi connectivity index (χ2v) is 6.98. The van der Waals surface area contributed by atoms with E-state index < -0.39 is 0 Å². The summed E-state index contributed by atoms with van der Waals surface area (Å²) in [4.78, 5) is 0. The van der Waals surface area contributed by atoms with Crippen molar-refractivity contribution in [3.63, 3.8) is 0 Å². The topological polar surface area (TPSA) is 4.93 Å². The normalized spacial score (nSPS) is 13.7. The van der Waals surface area contributed by atoms with Crippen molar-refractivity contribution in [1.29, 1.82) is 0 Å². The lowest BCUT2D eigenvalue weighted by Crippen LogP contribution is -2.19. The Hall–Kier alpha value is -0.720. The van der Waals surface area contributed by atoms with E-state index in [1.807, 2.05) is 0 Å². The van der Waals surface area contributed by atoms with Crippen LogP contribution in [0.3, 0.4) is 0 Å². The Labute approximate surface area is 120 Å². The summed E-state index contributed by atoms with van der Waals surface area (Å²) in [6.45, 7) is 11.4. The van der Waals surface area contributed by atoms with Crippen LogP contribution in [0.25, 0.3) is 0 Å². The highest BCUT2D eigenvalue weighted by atomic mass is 15.0. The van der Waals surface area contributed by atoms with E-state index in [9.17, 15) is 0 Å². The minimum Gasteiger partial charge on any atom is -0.349 e. The molecule has 1 heteroatoms. The molecule has 19 heavy (non-hydrogen) atoms. The van der Waals surface area contributed by atoms with E-state index in [0.717, 1.165) is 0 Å². The van der Waals surface area contributed by atoms with Gasteiger partial charge in [0.05, 0.1) is 0 Å². The highest BCUT2D eigenvalue weighted by molar-refractivity contribution is 5.16. The van der Waals surface area contributed by atoms with Crippen LogP contribution in [0.1, 0.15) is 91.0 Å². The van der Waals surface area contributed by atoms with E-state index in [-0.39, 0.29) is 5.54 Å². The molecule has 0 fully saturated rings. The molecule has 110 valence electrons. The van der Waals surface area contributed by atoms with Crippen molar-refractivity contribution in [2.75, 3.05) is 0 Å². The first-order chi connectivity index (χ1) is 8.95. The van der Waals surface area contributed by atoms with Crippen molar-refractivity contribution in [3.05, 3.63) is 24.0 Å². The lowest BCUT2D eigenvalue weighted by atomic mass is 9.97. The maximum absolute atomic E-state index is 2.37. The number of hydrogen-bond acceptors (Lipinski definition) is 0. The maximum atomic E-state index is 2.37. The number of rotatable bonds is 8.